The summed E-state index contributed by atoms with van der Waals surface area (Å²) in [5, 5.41) is 2.50. The van der Waals surface area contributed by atoms with Crippen LogP contribution in [0.5, 0.6) is 5.75 Å². The largest absolute Gasteiger partial charge is 0.467 e. The van der Waals surface area contributed by atoms with E-state index in [9.17, 15) is 9.18 Å². The van der Waals surface area contributed by atoms with E-state index in [4.69, 9.17) is 9.47 Å². The average molecular weight is 251 g/mol. The normalized spacial score (nSPS) is 9.28. The highest BCUT2D eigenvalue weighted by Crippen LogP contribution is 2.15. The zero-order chi connectivity index (χ0) is 13.4. The Morgan fingerprint density at radius 2 is 2.28 bits per heavy atom. The first kappa shape index (κ1) is 14.0. The second kappa shape index (κ2) is 7.30. The molecule has 0 aromatic heterocycles. The van der Waals surface area contributed by atoms with Gasteiger partial charge in [-0.05, 0) is 12.1 Å². The number of rotatable bonds is 4. The molecule has 0 spiro atoms. The van der Waals surface area contributed by atoms with Crippen LogP contribution in [0.3, 0.4) is 0 Å². The maximum atomic E-state index is 13.6. The number of ether oxygens (including phenoxy) is 2. The molecule has 0 aliphatic rings. The Morgan fingerprint density at radius 3 is 2.89 bits per heavy atom. The van der Waals surface area contributed by atoms with Crippen LogP contribution in [-0.2, 0) is 9.53 Å². The molecular formula is C13H14FNO3. The van der Waals surface area contributed by atoms with E-state index in [1.807, 2.05) is 0 Å². The van der Waals surface area contributed by atoms with E-state index in [2.05, 4.69) is 17.2 Å². The monoisotopic (exact) mass is 251 g/mol. The summed E-state index contributed by atoms with van der Waals surface area (Å²) in [6.07, 6.45) is 0. The number of hydrogen-bond donors (Lipinski definition) is 1. The van der Waals surface area contributed by atoms with E-state index in [0.29, 0.717) is 5.75 Å². The Kier molecular flexibility index (Phi) is 5.68. The van der Waals surface area contributed by atoms with Crippen LogP contribution in [0.1, 0.15) is 12.5 Å². The molecule has 0 aliphatic heterocycles. The SMILES string of the molecule is COCOc1ccc(C#CCNC(C)=O)c(F)c1. The molecule has 1 rings (SSSR count). The number of amides is 1. The van der Waals surface area contributed by atoms with Gasteiger partial charge in [-0.1, -0.05) is 11.8 Å². The third-order valence-electron chi connectivity index (χ3n) is 1.93. The lowest BCUT2D eigenvalue weighted by Gasteiger charge is -2.04. The molecule has 5 heteroatoms. The number of hydrogen-bond acceptors (Lipinski definition) is 3. The summed E-state index contributed by atoms with van der Waals surface area (Å²) in [6, 6.07) is 4.35. The van der Waals surface area contributed by atoms with E-state index in [1.54, 1.807) is 6.07 Å². The van der Waals surface area contributed by atoms with Gasteiger partial charge >= 0.3 is 0 Å². The van der Waals surface area contributed by atoms with Crippen molar-refractivity contribution in [1.82, 2.24) is 5.32 Å². The first-order valence-corrected chi connectivity index (χ1v) is 5.28. The summed E-state index contributed by atoms with van der Waals surface area (Å²) in [5.74, 6) is 5.00. The van der Waals surface area contributed by atoms with Gasteiger partial charge in [0.25, 0.3) is 0 Å². The molecule has 96 valence electrons. The Labute approximate surface area is 105 Å². The molecule has 0 radical (unpaired) electrons. The van der Waals surface area contributed by atoms with Gasteiger partial charge in [-0.25, -0.2) is 4.39 Å². The van der Waals surface area contributed by atoms with Gasteiger partial charge in [-0.3, -0.25) is 4.79 Å². The van der Waals surface area contributed by atoms with Crippen molar-refractivity contribution in [2.45, 2.75) is 6.92 Å². The van der Waals surface area contributed by atoms with Crippen molar-refractivity contribution >= 4 is 5.91 Å². The van der Waals surface area contributed by atoms with Gasteiger partial charge in [0.15, 0.2) is 6.79 Å². The molecule has 1 aromatic carbocycles. The zero-order valence-electron chi connectivity index (χ0n) is 10.2. The van der Waals surface area contributed by atoms with Gasteiger partial charge in [0.1, 0.15) is 11.6 Å². The highest BCUT2D eigenvalue weighted by atomic mass is 19.1. The van der Waals surface area contributed by atoms with Gasteiger partial charge in [0.2, 0.25) is 5.91 Å². The maximum absolute atomic E-state index is 13.6. The van der Waals surface area contributed by atoms with E-state index in [0.717, 1.165) is 0 Å². The molecule has 4 nitrogen and oxygen atoms in total. The third kappa shape index (κ3) is 4.85. The molecule has 0 saturated carbocycles. The molecule has 0 saturated heterocycles. The van der Waals surface area contributed by atoms with Crippen molar-refractivity contribution in [3.63, 3.8) is 0 Å². The molecule has 1 aromatic rings. The molecule has 0 fully saturated rings. The van der Waals surface area contributed by atoms with Crippen LogP contribution in [0.4, 0.5) is 4.39 Å². The van der Waals surface area contributed by atoms with Crippen molar-refractivity contribution < 1.29 is 18.7 Å². The van der Waals surface area contributed by atoms with Gasteiger partial charge in [-0.15, -0.1) is 0 Å². The number of methoxy groups -OCH3 is 1. The summed E-state index contributed by atoms with van der Waals surface area (Å²) in [7, 11) is 1.48. The number of benzene rings is 1. The van der Waals surface area contributed by atoms with Gasteiger partial charge < -0.3 is 14.8 Å². The van der Waals surface area contributed by atoms with Crippen LogP contribution < -0.4 is 10.1 Å². The Morgan fingerprint density at radius 1 is 1.50 bits per heavy atom. The minimum Gasteiger partial charge on any atom is -0.467 e. The van der Waals surface area contributed by atoms with E-state index >= 15 is 0 Å². The van der Waals surface area contributed by atoms with Crippen LogP contribution >= 0.6 is 0 Å². The van der Waals surface area contributed by atoms with Crippen molar-refractivity contribution in [3.05, 3.63) is 29.6 Å². The summed E-state index contributed by atoms with van der Waals surface area (Å²) in [6.45, 7) is 1.65. The van der Waals surface area contributed by atoms with Crippen LogP contribution in [-0.4, -0.2) is 26.4 Å². The standard InChI is InChI=1S/C13H14FNO3/c1-10(16)15-7-3-4-11-5-6-12(8-13(11)14)18-9-17-2/h5-6,8H,7,9H2,1-2H3,(H,15,16). The van der Waals surface area contributed by atoms with Gasteiger partial charge in [0, 0.05) is 20.1 Å². The molecule has 0 aliphatic carbocycles. The summed E-state index contributed by atoms with van der Waals surface area (Å²) < 4.78 is 23.3. The fourth-order valence-electron chi connectivity index (χ4n) is 1.12. The first-order valence-electron chi connectivity index (χ1n) is 5.28. The molecule has 0 unspecified atom stereocenters. The quantitative estimate of drug-likeness (QED) is 0.648. The number of carbonyl (C=O) groups is 1. The minimum absolute atomic E-state index is 0.0625. The molecule has 18 heavy (non-hydrogen) atoms. The number of carbonyl (C=O) groups excluding carboxylic acids is 1. The van der Waals surface area contributed by atoms with Crippen molar-refractivity contribution in [2.24, 2.45) is 0 Å². The maximum Gasteiger partial charge on any atom is 0.217 e. The zero-order valence-corrected chi connectivity index (χ0v) is 10.2. The fraction of sp³-hybridized carbons (Fsp3) is 0.308. The van der Waals surface area contributed by atoms with Crippen molar-refractivity contribution in [3.8, 4) is 17.6 Å². The summed E-state index contributed by atoms with van der Waals surface area (Å²) in [5.41, 5.74) is 0.255. The lowest BCUT2D eigenvalue weighted by Crippen LogP contribution is -2.19. The Hall–Kier alpha value is -2.06. The third-order valence-corrected chi connectivity index (χ3v) is 1.93. The predicted molar refractivity (Wildman–Crippen MR) is 64.5 cm³/mol. The second-order valence-electron chi connectivity index (χ2n) is 3.40. The van der Waals surface area contributed by atoms with Crippen LogP contribution in [0.25, 0.3) is 0 Å². The van der Waals surface area contributed by atoms with Crippen LogP contribution in [0.2, 0.25) is 0 Å². The van der Waals surface area contributed by atoms with Crippen LogP contribution in [0, 0.1) is 17.7 Å². The molecule has 1 amide bonds. The van der Waals surface area contributed by atoms with Crippen molar-refractivity contribution in [1.29, 1.82) is 0 Å². The molecule has 0 atom stereocenters. The van der Waals surface area contributed by atoms with Crippen molar-refractivity contribution in [2.75, 3.05) is 20.4 Å². The predicted octanol–water partition coefficient (Wildman–Crippen LogP) is 1.30. The average Bonchev–Trinajstić information content (AvgIpc) is 2.33. The number of halogens is 1. The number of nitrogens with one attached hydrogen (secondary N) is 1. The Balaban J connectivity index is 2.64. The van der Waals surface area contributed by atoms with E-state index in [-0.39, 0.29) is 24.8 Å². The molecule has 1 N–H and O–H groups in total. The van der Waals surface area contributed by atoms with Gasteiger partial charge in [0.05, 0.1) is 12.1 Å². The summed E-state index contributed by atoms with van der Waals surface area (Å²) >= 11 is 0. The highest BCUT2D eigenvalue weighted by Gasteiger charge is 2.01. The summed E-state index contributed by atoms with van der Waals surface area (Å²) in [4.78, 5) is 10.6. The second-order valence-corrected chi connectivity index (χ2v) is 3.40. The smallest absolute Gasteiger partial charge is 0.217 e. The van der Waals surface area contributed by atoms with E-state index in [1.165, 1.54) is 26.2 Å². The van der Waals surface area contributed by atoms with Crippen LogP contribution in [0.15, 0.2) is 18.2 Å². The fourth-order valence-corrected chi connectivity index (χ4v) is 1.12. The van der Waals surface area contributed by atoms with Gasteiger partial charge in [-0.2, -0.15) is 0 Å². The lowest BCUT2D eigenvalue weighted by atomic mass is 10.2. The Bertz CT molecular complexity index is 477. The first-order chi connectivity index (χ1) is 8.63. The molecule has 0 bridgehead atoms. The molecule has 0 heterocycles. The minimum atomic E-state index is -0.473. The highest BCUT2D eigenvalue weighted by molar-refractivity contribution is 5.73. The topological polar surface area (TPSA) is 47.6 Å². The molecular weight excluding hydrogens is 237 g/mol. The van der Waals surface area contributed by atoms with E-state index < -0.39 is 5.82 Å². The lowest BCUT2D eigenvalue weighted by molar-refractivity contribution is -0.118.